The summed E-state index contributed by atoms with van der Waals surface area (Å²) in [6.45, 7) is 0. The van der Waals surface area contributed by atoms with Crippen LogP contribution in [0, 0.1) is 22.7 Å². The maximum absolute atomic E-state index is 8.70. The molecule has 0 radical (unpaired) electrons. The number of hydrogen-bond acceptors (Lipinski definition) is 6. The summed E-state index contributed by atoms with van der Waals surface area (Å²) in [4.78, 5) is 8.10. The largest absolute Gasteiger partial charge is 0.243 e. The first-order valence-electron chi connectivity index (χ1n) is 3.67. The van der Waals surface area contributed by atoms with Crippen molar-refractivity contribution in [3.8, 4) is 12.1 Å². The van der Waals surface area contributed by atoms with Crippen LogP contribution in [-0.4, -0.2) is 9.97 Å². The van der Waals surface area contributed by atoms with Gasteiger partial charge in [0.2, 0.25) is 0 Å². The fraction of sp³-hybridized carbons (Fsp3) is 0. The molecule has 1 aromatic heterocycles. The Labute approximate surface area is 99.0 Å². The Morgan fingerprint density at radius 2 is 1.93 bits per heavy atom. The predicted molar refractivity (Wildman–Crippen MR) is 57.0 cm³/mol. The van der Waals surface area contributed by atoms with Crippen LogP contribution < -0.4 is 0 Å². The highest BCUT2D eigenvalue weighted by Crippen LogP contribution is 2.50. The second-order valence-corrected chi connectivity index (χ2v) is 5.04. The average Bonchev–Trinajstić information content (AvgIpc) is 2.62. The van der Waals surface area contributed by atoms with E-state index in [0.717, 1.165) is 0 Å². The van der Waals surface area contributed by atoms with E-state index in [0.29, 0.717) is 19.4 Å². The number of nitrogens with zero attached hydrogens (tertiary/aromatic N) is 4. The maximum Gasteiger partial charge on any atom is 0.150 e. The number of rotatable bonds is 0. The molecule has 2 heterocycles. The first-order valence-corrected chi connectivity index (χ1v) is 5.68. The molecule has 2 rings (SSSR count). The number of nitriles is 2. The van der Waals surface area contributed by atoms with Gasteiger partial charge < -0.3 is 0 Å². The molecule has 0 saturated heterocycles. The molecule has 0 aliphatic carbocycles. The lowest BCUT2D eigenvalue weighted by atomic mass is 10.4. The number of aromatic nitrogens is 2. The number of allylic oxidation sites excluding steroid dienone is 1. The molecule has 0 N–H and O–H groups in total. The van der Waals surface area contributed by atoms with Gasteiger partial charge in [-0.1, -0.05) is 35.1 Å². The van der Waals surface area contributed by atoms with Gasteiger partial charge in [-0.3, -0.25) is 0 Å². The van der Waals surface area contributed by atoms with E-state index in [1.165, 1.54) is 29.7 Å². The van der Waals surface area contributed by atoms with Gasteiger partial charge >= 0.3 is 0 Å². The van der Waals surface area contributed by atoms with Crippen LogP contribution in [0.4, 0.5) is 0 Å². The molecular formula is C8HClN4S2. The molecule has 0 saturated carbocycles. The molecule has 15 heavy (non-hydrogen) atoms. The molecule has 0 fully saturated rings. The zero-order valence-corrected chi connectivity index (χ0v) is 9.45. The number of thioether (sulfide) groups is 2. The molecule has 0 amide bonds. The molecule has 1 aromatic rings. The van der Waals surface area contributed by atoms with E-state index in [1.54, 1.807) is 0 Å². The Kier molecular flexibility index (Phi) is 2.83. The van der Waals surface area contributed by atoms with Crippen molar-refractivity contribution in [1.82, 2.24) is 9.97 Å². The van der Waals surface area contributed by atoms with Crippen molar-refractivity contribution < 1.29 is 0 Å². The SMILES string of the molecule is N#CC(C#N)=C1Sc2ncc(Cl)nc2S1. The van der Waals surface area contributed by atoms with E-state index >= 15 is 0 Å². The van der Waals surface area contributed by atoms with Crippen LogP contribution in [-0.2, 0) is 0 Å². The number of fused-ring (bicyclic) bond motifs is 1. The summed E-state index contributed by atoms with van der Waals surface area (Å²) in [5.41, 5.74) is 0.0842. The van der Waals surface area contributed by atoms with Gasteiger partial charge in [-0.25, -0.2) is 9.97 Å². The first-order chi connectivity index (χ1) is 7.24. The summed E-state index contributed by atoms with van der Waals surface area (Å²) in [7, 11) is 0. The van der Waals surface area contributed by atoms with Crippen LogP contribution in [0.25, 0.3) is 0 Å². The van der Waals surface area contributed by atoms with E-state index < -0.39 is 0 Å². The Hall–Kier alpha value is -1.21. The van der Waals surface area contributed by atoms with E-state index in [4.69, 9.17) is 22.1 Å². The van der Waals surface area contributed by atoms with Crippen LogP contribution >= 0.6 is 35.1 Å². The van der Waals surface area contributed by atoms with E-state index in [9.17, 15) is 0 Å². The van der Waals surface area contributed by atoms with Crippen molar-refractivity contribution in [2.24, 2.45) is 0 Å². The van der Waals surface area contributed by atoms with Crippen molar-refractivity contribution in [3.63, 3.8) is 0 Å². The van der Waals surface area contributed by atoms with E-state index in [-0.39, 0.29) is 5.57 Å². The second kappa shape index (κ2) is 4.11. The predicted octanol–water partition coefficient (Wildman–Crippen LogP) is 2.59. The van der Waals surface area contributed by atoms with Gasteiger partial charge in [-0.15, -0.1) is 0 Å². The Morgan fingerprint density at radius 3 is 2.60 bits per heavy atom. The summed E-state index contributed by atoms with van der Waals surface area (Å²) < 4.78 is 0.609. The van der Waals surface area contributed by atoms with E-state index in [1.807, 2.05) is 12.1 Å². The summed E-state index contributed by atoms with van der Waals surface area (Å²) in [5.74, 6) is 0. The average molecular weight is 253 g/mol. The second-order valence-electron chi connectivity index (χ2n) is 2.39. The molecule has 1 aliphatic heterocycles. The van der Waals surface area contributed by atoms with Crippen LogP contribution in [0.1, 0.15) is 0 Å². The quantitative estimate of drug-likeness (QED) is 0.661. The lowest BCUT2D eigenvalue weighted by Crippen LogP contribution is -1.83. The molecule has 0 atom stereocenters. The van der Waals surface area contributed by atoms with Gasteiger partial charge in [-0.05, 0) is 0 Å². The zero-order chi connectivity index (χ0) is 10.8. The molecule has 0 bridgehead atoms. The van der Waals surface area contributed by atoms with Gasteiger partial charge in [0.15, 0.2) is 0 Å². The normalized spacial score (nSPS) is 12.9. The molecule has 0 aromatic carbocycles. The van der Waals surface area contributed by atoms with Gasteiger partial charge in [-0.2, -0.15) is 10.5 Å². The van der Waals surface area contributed by atoms with Gasteiger partial charge in [0, 0.05) is 0 Å². The Bertz CT molecular complexity index is 525. The van der Waals surface area contributed by atoms with Crippen molar-refractivity contribution >= 4 is 35.1 Å². The third-order valence-corrected chi connectivity index (χ3v) is 4.05. The molecular weight excluding hydrogens is 252 g/mol. The Morgan fingerprint density at radius 1 is 1.27 bits per heavy atom. The van der Waals surface area contributed by atoms with Crippen LogP contribution in [0.15, 0.2) is 26.1 Å². The summed E-state index contributed by atoms with van der Waals surface area (Å²) >= 11 is 8.19. The minimum atomic E-state index is 0.0842. The van der Waals surface area contributed by atoms with Gasteiger partial charge in [0.05, 0.1) is 10.4 Å². The fourth-order valence-corrected chi connectivity index (χ4v) is 3.23. The highest BCUT2D eigenvalue weighted by molar-refractivity contribution is 8.24. The monoisotopic (exact) mass is 252 g/mol. The smallest absolute Gasteiger partial charge is 0.150 e. The van der Waals surface area contributed by atoms with E-state index in [2.05, 4.69) is 9.97 Å². The molecule has 0 unspecified atom stereocenters. The fourth-order valence-electron chi connectivity index (χ4n) is 0.892. The molecule has 1 aliphatic rings. The van der Waals surface area contributed by atoms with Gasteiger partial charge in [0.25, 0.3) is 0 Å². The van der Waals surface area contributed by atoms with Crippen LogP contribution in [0.2, 0.25) is 5.15 Å². The van der Waals surface area contributed by atoms with Crippen molar-refractivity contribution in [2.45, 2.75) is 10.1 Å². The highest BCUT2D eigenvalue weighted by Gasteiger charge is 2.24. The molecule has 0 spiro atoms. The topological polar surface area (TPSA) is 73.4 Å². The Balaban J connectivity index is 2.44. The zero-order valence-electron chi connectivity index (χ0n) is 7.06. The summed E-state index contributed by atoms with van der Waals surface area (Å²) in [6.07, 6.45) is 1.44. The first kappa shape index (κ1) is 10.3. The highest BCUT2D eigenvalue weighted by atomic mass is 35.5. The third-order valence-electron chi connectivity index (χ3n) is 1.49. The minimum absolute atomic E-state index is 0.0842. The van der Waals surface area contributed by atoms with Crippen molar-refractivity contribution in [2.75, 3.05) is 0 Å². The third kappa shape index (κ3) is 1.93. The standard InChI is InChI=1S/C8HClN4S2/c9-5-3-12-6-7(13-5)15-8(14-6)4(1-10)2-11/h3H. The summed E-state index contributed by atoms with van der Waals surface area (Å²) in [6, 6.07) is 3.66. The number of hydrogen-bond donors (Lipinski definition) is 0. The maximum atomic E-state index is 8.70. The molecule has 7 heteroatoms. The van der Waals surface area contributed by atoms with Crippen molar-refractivity contribution in [3.05, 3.63) is 21.2 Å². The van der Waals surface area contributed by atoms with Crippen LogP contribution in [0.5, 0.6) is 0 Å². The van der Waals surface area contributed by atoms with Crippen molar-refractivity contribution in [1.29, 1.82) is 10.5 Å². The summed E-state index contributed by atoms with van der Waals surface area (Å²) in [5, 5.41) is 19.0. The number of halogens is 1. The van der Waals surface area contributed by atoms with Crippen LogP contribution in [0.3, 0.4) is 0 Å². The lowest BCUT2D eigenvalue weighted by molar-refractivity contribution is 0.931. The minimum Gasteiger partial charge on any atom is -0.243 e. The molecule has 4 nitrogen and oxygen atoms in total. The molecule has 72 valence electrons. The van der Waals surface area contributed by atoms with Gasteiger partial charge in [0.1, 0.15) is 32.9 Å². The lowest BCUT2D eigenvalue weighted by Gasteiger charge is -1.92.